The lowest BCUT2D eigenvalue weighted by atomic mass is 9.89. The van der Waals surface area contributed by atoms with E-state index in [0.717, 1.165) is 49.3 Å². The van der Waals surface area contributed by atoms with E-state index in [-0.39, 0.29) is 17.7 Å². The largest absolute Gasteiger partial charge is 0.368 e. The Kier molecular flexibility index (Phi) is 5.12. The van der Waals surface area contributed by atoms with Crippen LogP contribution in [0.3, 0.4) is 0 Å². The first-order valence-electron chi connectivity index (χ1n) is 9.33. The van der Waals surface area contributed by atoms with Crippen LogP contribution in [0, 0.1) is 5.82 Å². The summed E-state index contributed by atoms with van der Waals surface area (Å²) >= 11 is 0. The molecule has 0 bridgehead atoms. The Morgan fingerprint density at radius 3 is 2.78 bits per heavy atom. The highest BCUT2D eigenvalue weighted by Gasteiger charge is 2.25. The van der Waals surface area contributed by atoms with Gasteiger partial charge in [0.1, 0.15) is 5.82 Å². The standard InChI is InChI=1S/C22H23FN4/c23-19-10-4-8-17(12-19)20-13-25-22(24)26-21(20)18-9-5-11-27(15-18)14-16-6-2-1-3-7-16/h1-4,6-8,10,12-13,18H,5,9,11,14-15H2,(H2,24,25,26)/t18-/m0/s1. The van der Waals surface area contributed by atoms with Gasteiger partial charge >= 0.3 is 0 Å². The molecule has 1 fully saturated rings. The summed E-state index contributed by atoms with van der Waals surface area (Å²) < 4.78 is 13.7. The fourth-order valence-corrected chi connectivity index (χ4v) is 3.86. The molecule has 1 atom stereocenters. The Bertz CT molecular complexity index is 913. The summed E-state index contributed by atoms with van der Waals surface area (Å²) in [6, 6.07) is 17.1. The fourth-order valence-electron chi connectivity index (χ4n) is 3.86. The minimum absolute atomic E-state index is 0.256. The Morgan fingerprint density at radius 2 is 1.96 bits per heavy atom. The third-order valence-electron chi connectivity index (χ3n) is 5.11. The zero-order valence-electron chi connectivity index (χ0n) is 15.2. The number of nitrogen functional groups attached to an aromatic ring is 1. The number of halogens is 1. The van der Waals surface area contributed by atoms with Crippen molar-refractivity contribution in [2.75, 3.05) is 18.8 Å². The van der Waals surface area contributed by atoms with Crippen molar-refractivity contribution in [3.8, 4) is 11.1 Å². The van der Waals surface area contributed by atoms with Gasteiger partial charge in [0.25, 0.3) is 0 Å². The molecule has 5 heteroatoms. The van der Waals surface area contributed by atoms with Crippen molar-refractivity contribution in [2.45, 2.75) is 25.3 Å². The quantitative estimate of drug-likeness (QED) is 0.754. The van der Waals surface area contributed by atoms with Crippen LogP contribution in [0.4, 0.5) is 10.3 Å². The number of anilines is 1. The first kappa shape index (κ1) is 17.6. The molecule has 0 saturated carbocycles. The molecule has 0 amide bonds. The van der Waals surface area contributed by atoms with Gasteiger partial charge < -0.3 is 5.73 Å². The average Bonchev–Trinajstić information content (AvgIpc) is 2.69. The first-order chi connectivity index (χ1) is 13.2. The minimum atomic E-state index is -0.260. The van der Waals surface area contributed by atoms with Gasteiger partial charge in [-0.1, -0.05) is 42.5 Å². The minimum Gasteiger partial charge on any atom is -0.368 e. The lowest BCUT2D eigenvalue weighted by Crippen LogP contribution is -2.34. The Balaban J connectivity index is 1.61. The zero-order valence-corrected chi connectivity index (χ0v) is 15.2. The van der Waals surface area contributed by atoms with E-state index in [2.05, 4.69) is 39.1 Å². The molecule has 3 aromatic rings. The zero-order chi connectivity index (χ0) is 18.6. The normalized spacial score (nSPS) is 17.7. The average molecular weight is 362 g/mol. The topological polar surface area (TPSA) is 55.0 Å². The number of rotatable bonds is 4. The number of piperidine rings is 1. The number of aromatic nitrogens is 2. The Labute approximate surface area is 158 Å². The molecule has 138 valence electrons. The maximum absolute atomic E-state index is 13.7. The highest BCUT2D eigenvalue weighted by atomic mass is 19.1. The maximum atomic E-state index is 13.7. The van der Waals surface area contributed by atoms with Gasteiger partial charge in [0.15, 0.2) is 0 Å². The van der Waals surface area contributed by atoms with Crippen LogP contribution >= 0.6 is 0 Å². The summed E-state index contributed by atoms with van der Waals surface area (Å²) in [7, 11) is 0. The highest BCUT2D eigenvalue weighted by molar-refractivity contribution is 5.66. The summed E-state index contributed by atoms with van der Waals surface area (Å²) in [5.74, 6) is 0.265. The number of benzene rings is 2. The van der Waals surface area contributed by atoms with Crippen LogP contribution in [-0.2, 0) is 6.54 Å². The van der Waals surface area contributed by atoms with Crippen molar-refractivity contribution in [1.82, 2.24) is 14.9 Å². The number of hydrogen-bond donors (Lipinski definition) is 1. The van der Waals surface area contributed by atoms with Gasteiger partial charge in [-0.05, 0) is 42.6 Å². The van der Waals surface area contributed by atoms with E-state index in [4.69, 9.17) is 5.73 Å². The van der Waals surface area contributed by atoms with E-state index in [1.54, 1.807) is 12.3 Å². The Hall–Kier alpha value is -2.79. The molecule has 27 heavy (non-hydrogen) atoms. The molecule has 0 aliphatic carbocycles. The number of nitrogens with zero attached hydrogens (tertiary/aromatic N) is 3. The summed E-state index contributed by atoms with van der Waals surface area (Å²) in [5, 5.41) is 0. The molecule has 1 aliphatic rings. The predicted octanol–water partition coefficient (Wildman–Crippen LogP) is 4.24. The van der Waals surface area contributed by atoms with E-state index in [0.29, 0.717) is 0 Å². The van der Waals surface area contributed by atoms with E-state index in [1.165, 1.54) is 17.7 Å². The third kappa shape index (κ3) is 4.14. The van der Waals surface area contributed by atoms with Crippen molar-refractivity contribution >= 4 is 5.95 Å². The van der Waals surface area contributed by atoms with Gasteiger partial charge in [-0.3, -0.25) is 4.90 Å². The monoisotopic (exact) mass is 362 g/mol. The van der Waals surface area contributed by atoms with Gasteiger partial charge in [-0.15, -0.1) is 0 Å². The third-order valence-corrected chi connectivity index (χ3v) is 5.11. The van der Waals surface area contributed by atoms with E-state index >= 15 is 0 Å². The molecule has 0 radical (unpaired) electrons. The van der Waals surface area contributed by atoms with Gasteiger partial charge in [0.05, 0.1) is 5.69 Å². The van der Waals surface area contributed by atoms with Crippen LogP contribution < -0.4 is 5.73 Å². The lowest BCUT2D eigenvalue weighted by Gasteiger charge is -2.33. The van der Waals surface area contributed by atoms with E-state index in [1.807, 2.05) is 12.1 Å². The molecule has 2 aromatic carbocycles. The van der Waals surface area contributed by atoms with Gasteiger partial charge in [-0.2, -0.15) is 0 Å². The molecular formula is C22H23FN4. The summed E-state index contributed by atoms with van der Waals surface area (Å²) in [4.78, 5) is 11.2. The maximum Gasteiger partial charge on any atom is 0.220 e. The smallest absolute Gasteiger partial charge is 0.220 e. The molecule has 2 heterocycles. The van der Waals surface area contributed by atoms with Gasteiger partial charge in [0, 0.05) is 30.8 Å². The van der Waals surface area contributed by atoms with Crippen molar-refractivity contribution in [3.05, 3.63) is 77.9 Å². The SMILES string of the molecule is Nc1ncc(-c2cccc(F)c2)c([C@H]2CCCN(Cc3ccccc3)C2)n1. The Morgan fingerprint density at radius 1 is 1.11 bits per heavy atom. The molecule has 1 saturated heterocycles. The van der Waals surface area contributed by atoms with Crippen LogP contribution in [0.25, 0.3) is 11.1 Å². The number of nitrogens with two attached hydrogens (primary N) is 1. The second kappa shape index (κ2) is 7.84. The van der Waals surface area contributed by atoms with Crippen LogP contribution in [0.1, 0.15) is 30.0 Å². The second-order valence-corrected chi connectivity index (χ2v) is 7.10. The molecular weight excluding hydrogens is 339 g/mol. The van der Waals surface area contributed by atoms with Crippen molar-refractivity contribution in [1.29, 1.82) is 0 Å². The van der Waals surface area contributed by atoms with E-state index < -0.39 is 0 Å². The molecule has 4 nitrogen and oxygen atoms in total. The van der Waals surface area contributed by atoms with Gasteiger partial charge in [-0.25, -0.2) is 14.4 Å². The molecule has 2 N–H and O–H groups in total. The summed E-state index contributed by atoms with van der Waals surface area (Å²) in [6.07, 6.45) is 3.87. The number of likely N-dealkylation sites (tertiary alicyclic amines) is 1. The lowest BCUT2D eigenvalue weighted by molar-refractivity contribution is 0.198. The van der Waals surface area contributed by atoms with Crippen molar-refractivity contribution in [2.24, 2.45) is 0 Å². The summed E-state index contributed by atoms with van der Waals surface area (Å²) in [6.45, 7) is 2.90. The summed E-state index contributed by atoms with van der Waals surface area (Å²) in [5.41, 5.74) is 9.79. The van der Waals surface area contributed by atoms with E-state index in [9.17, 15) is 4.39 Å². The highest BCUT2D eigenvalue weighted by Crippen LogP contribution is 2.34. The molecule has 1 aromatic heterocycles. The van der Waals surface area contributed by atoms with Crippen molar-refractivity contribution < 1.29 is 4.39 Å². The molecule has 0 spiro atoms. The van der Waals surface area contributed by atoms with Crippen LogP contribution in [0.5, 0.6) is 0 Å². The van der Waals surface area contributed by atoms with Crippen LogP contribution in [0.2, 0.25) is 0 Å². The molecule has 4 rings (SSSR count). The predicted molar refractivity (Wildman–Crippen MR) is 106 cm³/mol. The van der Waals surface area contributed by atoms with Crippen LogP contribution in [-0.4, -0.2) is 28.0 Å². The first-order valence-corrected chi connectivity index (χ1v) is 9.33. The fraction of sp³-hybridized carbons (Fsp3) is 0.273. The molecule has 1 aliphatic heterocycles. The second-order valence-electron chi connectivity index (χ2n) is 7.10. The molecule has 0 unspecified atom stereocenters. The van der Waals surface area contributed by atoms with Gasteiger partial charge in [0.2, 0.25) is 5.95 Å². The number of hydrogen-bond acceptors (Lipinski definition) is 4. The van der Waals surface area contributed by atoms with Crippen LogP contribution in [0.15, 0.2) is 60.8 Å². The van der Waals surface area contributed by atoms with Crippen molar-refractivity contribution in [3.63, 3.8) is 0 Å².